The number of nitrogens with zero attached hydrogens (tertiary/aromatic N) is 3. The van der Waals surface area contributed by atoms with E-state index in [1.54, 1.807) is 29.2 Å². The molecular weight excluding hydrogens is 378 g/mol. The first-order chi connectivity index (χ1) is 14.5. The van der Waals surface area contributed by atoms with Crippen molar-refractivity contribution in [1.29, 1.82) is 0 Å². The SMILES string of the molecule is CC(C)CCn1c(=O)c2ccccc2n(CC(=O)N2CCCc3ccccc32)c1=O. The number of rotatable bonds is 5. The number of anilines is 1. The van der Waals surface area contributed by atoms with E-state index in [-0.39, 0.29) is 18.0 Å². The zero-order chi connectivity index (χ0) is 21.3. The van der Waals surface area contributed by atoms with Crippen LogP contribution in [0.1, 0.15) is 32.3 Å². The first-order valence-corrected chi connectivity index (χ1v) is 10.6. The standard InChI is InChI=1S/C24H27N3O3/c1-17(2)13-15-26-23(29)19-10-4-6-12-21(19)27(24(26)30)16-22(28)25-14-7-9-18-8-3-5-11-20(18)25/h3-6,8,10-12,17H,7,9,13-16H2,1-2H3. The van der Waals surface area contributed by atoms with Gasteiger partial charge in [0.2, 0.25) is 5.91 Å². The molecule has 1 aromatic heterocycles. The van der Waals surface area contributed by atoms with Crippen molar-refractivity contribution in [2.75, 3.05) is 11.4 Å². The van der Waals surface area contributed by atoms with Gasteiger partial charge in [-0.15, -0.1) is 0 Å². The smallest absolute Gasteiger partial charge is 0.311 e. The van der Waals surface area contributed by atoms with E-state index in [1.807, 2.05) is 24.3 Å². The van der Waals surface area contributed by atoms with Crippen LogP contribution in [0.2, 0.25) is 0 Å². The van der Waals surface area contributed by atoms with E-state index < -0.39 is 5.69 Å². The first-order valence-electron chi connectivity index (χ1n) is 10.6. The van der Waals surface area contributed by atoms with Crippen molar-refractivity contribution >= 4 is 22.5 Å². The summed E-state index contributed by atoms with van der Waals surface area (Å²) in [5.41, 5.74) is 1.86. The average Bonchev–Trinajstić information content (AvgIpc) is 2.76. The van der Waals surface area contributed by atoms with E-state index >= 15 is 0 Å². The molecule has 3 aromatic rings. The molecule has 1 aliphatic rings. The van der Waals surface area contributed by atoms with Gasteiger partial charge in [0, 0.05) is 18.8 Å². The average molecular weight is 405 g/mol. The van der Waals surface area contributed by atoms with Gasteiger partial charge in [-0.25, -0.2) is 4.79 Å². The molecule has 0 atom stereocenters. The Labute approximate surface area is 175 Å². The number of para-hydroxylation sites is 2. The van der Waals surface area contributed by atoms with E-state index in [4.69, 9.17) is 0 Å². The summed E-state index contributed by atoms with van der Waals surface area (Å²) in [4.78, 5) is 41.2. The normalized spacial score (nSPS) is 13.6. The van der Waals surface area contributed by atoms with Crippen molar-refractivity contribution < 1.29 is 4.79 Å². The van der Waals surface area contributed by atoms with Crippen molar-refractivity contribution in [3.05, 3.63) is 74.9 Å². The molecule has 0 spiro atoms. The van der Waals surface area contributed by atoms with Crippen molar-refractivity contribution in [3.8, 4) is 0 Å². The van der Waals surface area contributed by atoms with Crippen LogP contribution in [0.25, 0.3) is 10.9 Å². The Morgan fingerprint density at radius 3 is 2.53 bits per heavy atom. The number of aryl methyl sites for hydroxylation is 1. The molecule has 0 radical (unpaired) electrons. The molecule has 0 N–H and O–H groups in total. The highest BCUT2D eigenvalue weighted by Crippen LogP contribution is 2.27. The summed E-state index contributed by atoms with van der Waals surface area (Å²) in [6.45, 7) is 5.01. The van der Waals surface area contributed by atoms with Crippen molar-refractivity contribution in [1.82, 2.24) is 9.13 Å². The molecule has 30 heavy (non-hydrogen) atoms. The van der Waals surface area contributed by atoms with E-state index in [9.17, 15) is 14.4 Å². The van der Waals surface area contributed by atoms with Crippen LogP contribution >= 0.6 is 0 Å². The molecule has 4 rings (SSSR count). The van der Waals surface area contributed by atoms with E-state index in [0.717, 1.165) is 30.5 Å². The zero-order valence-corrected chi connectivity index (χ0v) is 17.5. The minimum absolute atomic E-state index is 0.0877. The van der Waals surface area contributed by atoms with Gasteiger partial charge >= 0.3 is 5.69 Å². The summed E-state index contributed by atoms with van der Waals surface area (Å²) in [7, 11) is 0. The number of hydrogen-bond acceptors (Lipinski definition) is 3. The summed E-state index contributed by atoms with van der Waals surface area (Å²) >= 11 is 0. The van der Waals surface area contributed by atoms with Gasteiger partial charge in [0.1, 0.15) is 6.54 Å². The summed E-state index contributed by atoms with van der Waals surface area (Å²) in [6, 6.07) is 14.9. The number of aromatic nitrogens is 2. The zero-order valence-electron chi connectivity index (χ0n) is 17.5. The second-order valence-corrected chi connectivity index (χ2v) is 8.30. The third-order valence-corrected chi connectivity index (χ3v) is 5.77. The summed E-state index contributed by atoms with van der Waals surface area (Å²) in [5, 5.41) is 0.465. The Balaban J connectivity index is 1.77. The highest BCUT2D eigenvalue weighted by atomic mass is 16.2. The fourth-order valence-corrected chi connectivity index (χ4v) is 4.12. The molecule has 0 saturated heterocycles. The molecule has 1 amide bonds. The molecule has 6 nitrogen and oxygen atoms in total. The highest BCUT2D eigenvalue weighted by molar-refractivity contribution is 5.95. The second-order valence-electron chi connectivity index (χ2n) is 8.30. The van der Waals surface area contributed by atoms with Crippen LogP contribution < -0.4 is 16.1 Å². The van der Waals surface area contributed by atoms with Gasteiger partial charge in [0.15, 0.2) is 0 Å². The van der Waals surface area contributed by atoms with Crippen LogP contribution in [-0.2, 0) is 24.3 Å². The molecule has 0 aliphatic carbocycles. The van der Waals surface area contributed by atoms with Gasteiger partial charge in [-0.2, -0.15) is 0 Å². The molecule has 2 aromatic carbocycles. The lowest BCUT2D eigenvalue weighted by Gasteiger charge is -2.30. The second kappa shape index (κ2) is 8.30. The summed E-state index contributed by atoms with van der Waals surface area (Å²) in [6.07, 6.45) is 2.57. The monoisotopic (exact) mass is 405 g/mol. The van der Waals surface area contributed by atoms with E-state index in [0.29, 0.717) is 29.9 Å². The van der Waals surface area contributed by atoms with Gasteiger partial charge in [-0.1, -0.05) is 44.2 Å². The molecular formula is C24H27N3O3. The summed E-state index contributed by atoms with van der Waals surface area (Å²) < 4.78 is 2.73. The molecule has 0 saturated carbocycles. The van der Waals surface area contributed by atoms with Crippen LogP contribution in [0.5, 0.6) is 0 Å². The quantitative estimate of drug-likeness (QED) is 0.655. The third kappa shape index (κ3) is 3.70. The van der Waals surface area contributed by atoms with Gasteiger partial charge in [0.25, 0.3) is 5.56 Å². The fourth-order valence-electron chi connectivity index (χ4n) is 4.12. The minimum atomic E-state index is -0.419. The van der Waals surface area contributed by atoms with Gasteiger partial charge < -0.3 is 4.90 Å². The summed E-state index contributed by atoms with van der Waals surface area (Å²) in [5.74, 6) is 0.228. The van der Waals surface area contributed by atoms with Gasteiger partial charge in [0.05, 0.1) is 10.9 Å². The number of hydrogen-bond donors (Lipinski definition) is 0. The predicted molar refractivity (Wildman–Crippen MR) is 119 cm³/mol. The number of carbonyl (C=O) groups is 1. The molecule has 156 valence electrons. The molecule has 0 unspecified atom stereocenters. The number of carbonyl (C=O) groups excluding carboxylic acids is 1. The molecule has 0 fully saturated rings. The maximum atomic E-state index is 13.3. The van der Waals surface area contributed by atoms with Gasteiger partial charge in [-0.05, 0) is 48.9 Å². The lowest BCUT2D eigenvalue weighted by Crippen LogP contribution is -2.44. The maximum Gasteiger partial charge on any atom is 0.331 e. The van der Waals surface area contributed by atoms with Crippen molar-refractivity contribution in [2.45, 2.75) is 46.2 Å². The van der Waals surface area contributed by atoms with E-state index in [2.05, 4.69) is 13.8 Å². The molecule has 0 bridgehead atoms. The third-order valence-electron chi connectivity index (χ3n) is 5.77. The predicted octanol–water partition coefficient (Wildman–Crippen LogP) is 3.19. The lowest BCUT2D eigenvalue weighted by molar-refractivity contribution is -0.119. The Morgan fingerprint density at radius 2 is 1.73 bits per heavy atom. The number of benzene rings is 2. The van der Waals surface area contributed by atoms with Crippen LogP contribution in [0.3, 0.4) is 0 Å². The number of amides is 1. The van der Waals surface area contributed by atoms with Crippen molar-refractivity contribution in [3.63, 3.8) is 0 Å². The van der Waals surface area contributed by atoms with E-state index in [1.165, 1.54) is 9.13 Å². The highest BCUT2D eigenvalue weighted by Gasteiger charge is 2.24. The largest absolute Gasteiger partial charge is 0.331 e. The molecule has 2 heterocycles. The van der Waals surface area contributed by atoms with Crippen LogP contribution in [0.15, 0.2) is 58.1 Å². The minimum Gasteiger partial charge on any atom is -0.311 e. The number of fused-ring (bicyclic) bond motifs is 2. The Kier molecular flexibility index (Phi) is 5.57. The molecule has 6 heteroatoms. The topological polar surface area (TPSA) is 64.3 Å². The Hall–Kier alpha value is -3.15. The van der Waals surface area contributed by atoms with Crippen LogP contribution in [-0.4, -0.2) is 21.6 Å². The first kappa shape index (κ1) is 20.1. The Bertz CT molecular complexity index is 1210. The van der Waals surface area contributed by atoms with Crippen LogP contribution in [0, 0.1) is 5.92 Å². The van der Waals surface area contributed by atoms with Crippen molar-refractivity contribution in [2.24, 2.45) is 5.92 Å². The molecule has 1 aliphatic heterocycles. The Morgan fingerprint density at radius 1 is 1.00 bits per heavy atom. The maximum absolute atomic E-state index is 13.3. The van der Waals surface area contributed by atoms with Crippen LogP contribution in [0.4, 0.5) is 5.69 Å². The lowest BCUT2D eigenvalue weighted by atomic mass is 10.0. The van der Waals surface area contributed by atoms with Gasteiger partial charge in [-0.3, -0.25) is 18.7 Å². The fraction of sp³-hybridized carbons (Fsp3) is 0.375.